The first-order valence-electron chi connectivity index (χ1n) is 6.04. The molecule has 2 amide bonds. The van der Waals surface area contributed by atoms with Gasteiger partial charge < -0.3 is 15.8 Å². The maximum Gasteiger partial charge on any atom is 0.230 e. The van der Waals surface area contributed by atoms with E-state index < -0.39 is 0 Å². The van der Waals surface area contributed by atoms with E-state index in [0.29, 0.717) is 23.8 Å². The number of ether oxygens (including phenoxy) is 1. The van der Waals surface area contributed by atoms with Crippen LogP contribution in [0.3, 0.4) is 0 Å². The topological polar surface area (TPSA) is 81.4 Å². The van der Waals surface area contributed by atoms with E-state index in [9.17, 15) is 9.59 Å². The number of rotatable bonds is 8. The predicted molar refractivity (Wildman–Crippen MR) is 75.6 cm³/mol. The quantitative estimate of drug-likeness (QED) is 0.640. The summed E-state index contributed by atoms with van der Waals surface area (Å²) in [6, 6.07) is 0. The second-order valence-corrected chi connectivity index (χ2v) is 6.23. The third kappa shape index (κ3) is 7.84. The molecule has 0 bridgehead atoms. The summed E-state index contributed by atoms with van der Waals surface area (Å²) >= 11 is 2.99. The van der Waals surface area contributed by atoms with Gasteiger partial charge in [-0.1, -0.05) is 0 Å². The van der Waals surface area contributed by atoms with Crippen LogP contribution in [0.4, 0.5) is 0 Å². The molecule has 1 fully saturated rings. The first-order valence-corrected chi connectivity index (χ1v) is 8.25. The Labute approximate surface area is 116 Å². The number of nitrogens with two attached hydrogens (primary N) is 1. The molecule has 1 aliphatic heterocycles. The van der Waals surface area contributed by atoms with E-state index >= 15 is 0 Å². The lowest BCUT2D eigenvalue weighted by Crippen LogP contribution is -2.29. The van der Waals surface area contributed by atoms with Gasteiger partial charge in [-0.25, -0.2) is 0 Å². The van der Waals surface area contributed by atoms with Gasteiger partial charge >= 0.3 is 0 Å². The van der Waals surface area contributed by atoms with Crippen molar-refractivity contribution in [1.29, 1.82) is 0 Å². The monoisotopic (exact) mass is 292 g/mol. The SMILES string of the molecule is NC(=O)CSCCNC(=O)CSC1CCCCO1. The molecular weight excluding hydrogens is 272 g/mol. The zero-order valence-corrected chi connectivity index (χ0v) is 12.0. The molecule has 1 aliphatic rings. The molecule has 1 rings (SSSR count). The molecule has 0 aliphatic carbocycles. The molecule has 1 saturated heterocycles. The molecule has 0 spiro atoms. The van der Waals surface area contributed by atoms with Crippen LogP contribution in [0.1, 0.15) is 19.3 Å². The van der Waals surface area contributed by atoms with Gasteiger partial charge in [-0.2, -0.15) is 11.8 Å². The van der Waals surface area contributed by atoms with E-state index in [1.165, 1.54) is 18.2 Å². The molecule has 0 aromatic heterocycles. The van der Waals surface area contributed by atoms with Crippen molar-refractivity contribution in [2.75, 3.05) is 30.4 Å². The summed E-state index contributed by atoms with van der Waals surface area (Å²) in [6.45, 7) is 1.38. The lowest BCUT2D eigenvalue weighted by atomic mass is 10.2. The highest BCUT2D eigenvalue weighted by Gasteiger charge is 2.15. The Kier molecular flexibility index (Phi) is 8.28. The predicted octanol–water partition coefficient (Wildman–Crippen LogP) is 0.581. The van der Waals surface area contributed by atoms with E-state index in [2.05, 4.69) is 5.32 Å². The van der Waals surface area contributed by atoms with Crippen LogP contribution >= 0.6 is 23.5 Å². The van der Waals surface area contributed by atoms with Crippen molar-refractivity contribution in [2.45, 2.75) is 24.7 Å². The molecule has 5 nitrogen and oxygen atoms in total. The fraction of sp³-hybridized carbons (Fsp3) is 0.818. The van der Waals surface area contributed by atoms with Gasteiger partial charge in [0.1, 0.15) is 5.44 Å². The molecule has 0 aromatic carbocycles. The van der Waals surface area contributed by atoms with E-state index in [4.69, 9.17) is 10.5 Å². The number of carbonyl (C=O) groups is 2. The average molecular weight is 292 g/mol. The maximum atomic E-state index is 11.5. The minimum absolute atomic E-state index is 0.0221. The van der Waals surface area contributed by atoms with E-state index in [1.54, 1.807) is 11.8 Å². The zero-order valence-electron chi connectivity index (χ0n) is 10.4. The van der Waals surface area contributed by atoms with Crippen LogP contribution in [0.2, 0.25) is 0 Å². The normalized spacial score (nSPS) is 19.4. The summed E-state index contributed by atoms with van der Waals surface area (Å²) in [5.41, 5.74) is 5.18. The zero-order chi connectivity index (χ0) is 13.2. The molecule has 7 heteroatoms. The van der Waals surface area contributed by atoms with E-state index in [0.717, 1.165) is 19.4 Å². The van der Waals surface area contributed by atoms with Crippen LogP contribution in [0, 0.1) is 0 Å². The standard InChI is InChI=1S/C11H20N2O3S2/c12-9(14)7-17-6-4-13-10(15)8-18-11-3-1-2-5-16-11/h11H,1-8H2,(H2,12,14)(H,13,15). The van der Waals surface area contributed by atoms with Crippen LogP contribution in [0.15, 0.2) is 0 Å². The van der Waals surface area contributed by atoms with Gasteiger partial charge in [-0.3, -0.25) is 9.59 Å². The van der Waals surface area contributed by atoms with Gasteiger partial charge in [-0.15, -0.1) is 11.8 Å². The third-order valence-corrected chi connectivity index (χ3v) is 4.50. The van der Waals surface area contributed by atoms with Gasteiger partial charge in [-0.05, 0) is 19.3 Å². The highest BCUT2D eigenvalue weighted by molar-refractivity contribution is 8.00. The number of amides is 2. The van der Waals surface area contributed by atoms with Crippen molar-refractivity contribution in [3.8, 4) is 0 Å². The van der Waals surface area contributed by atoms with Crippen LogP contribution < -0.4 is 11.1 Å². The Morgan fingerprint density at radius 2 is 2.17 bits per heavy atom. The Morgan fingerprint density at radius 1 is 1.33 bits per heavy atom. The van der Waals surface area contributed by atoms with Crippen LogP contribution in [0.25, 0.3) is 0 Å². The van der Waals surface area contributed by atoms with Crippen LogP contribution in [-0.4, -0.2) is 47.7 Å². The number of hydrogen-bond donors (Lipinski definition) is 2. The molecule has 0 radical (unpaired) electrons. The number of carbonyl (C=O) groups excluding carboxylic acids is 2. The molecule has 0 saturated carbocycles. The van der Waals surface area contributed by atoms with Crippen molar-refractivity contribution in [3.05, 3.63) is 0 Å². The van der Waals surface area contributed by atoms with E-state index in [1.807, 2.05) is 0 Å². The van der Waals surface area contributed by atoms with Gasteiger partial charge in [0.25, 0.3) is 0 Å². The third-order valence-electron chi connectivity index (χ3n) is 2.35. The fourth-order valence-electron chi connectivity index (χ4n) is 1.50. The minimum atomic E-state index is -0.323. The summed E-state index contributed by atoms with van der Waals surface area (Å²) in [7, 11) is 0. The molecule has 1 atom stereocenters. The molecule has 3 N–H and O–H groups in total. The summed E-state index contributed by atoms with van der Waals surface area (Å²) in [6.07, 6.45) is 3.34. The number of primary amides is 1. The minimum Gasteiger partial charge on any atom is -0.369 e. The van der Waals surface area contributed by atoms with Crippen molar-refractivity contribution >= 4 is 35.3 Å². The lowest BCUT2D eigenvalue weighted by Gasteiger charge is -2.21. The highest BCUT2D eigenvalue weighted by Crippen LogP contribution is 2.22. The average Bonchev–Trinajstić information content (AvgIpc) is 2.37. The molecule has 1 heterocycles. The first kappa shape index (κ1) is 15.7. The van der Waals surface area contributed by atoms with Crippen molar-refractivity contribution < 1.29 is 14.3 Å². The summed E-state index contributed by atoms with van der Waals surface area (Å²) < 4.78 is 5.53. The molecule has 18 heavy (non-hydrogen) atoms. The van der Waals surface area contributed by atoms with Crippen molar-refractivity contribution in [2.24, 2.45) is 5.73 Å². The number of thioether (sulfide) groups is 2. The lowest BCUT2D eigenvalue weighted by molar-refractivity contribution is -0.118. The maximum absolute atomic E-state index is 11.5. The second-order valence-electron chi connectivity index (χ2n) is 3.98. The first-order chi connectivity index (χ1) is 8.68. The van der Waals surface area contributed by atoms with Crippen LogP contribution in [-0.2, 0) is 14.3 Å². The summed E-state index contributed by atoms with van der Waals surface area (Å²) in [5.74, 6) is 1.15. The molecule has 104 valence electrons. The smallest absolute Gasteiger partial charge is 0.230 e. The molecule has 1 unspecified atom stereocenters. The molecule has 0 aromatic rings. The second kappa shape index (κ2) is 9.52. The Morgan fingerprint density at radius 3 is 2.83 bits per heavy atom. The Balaban J connectivity index is 1.94. The number of hydrogen-bond acceptors (Lipinski definition) is 5. The van der Waals surface area contributed by atoms with Gasteiger partial charge in [0.15, 0.2) is 0 Å². The Bertz CT molecular complexity index is 271. The van der Waals surface area contributed by atoms with Gasteiger partial charge in [0.05, 0.1) is 11.5 Å². The van der Waals surface area contributed by atoms with Crippen molar-refractivity contribution in [1.82, 2.24) is 5.32 Å². The Hall–Kier alpha value is -0.400. The van der Waals surface area contributed by atoms with Crippen molar-refractivity contribution in [3.63, 3.8) is 0 Å². The van der Waals surface area contributed by atoms with E-state index in [-0.39, 0.29) is 17.3 Å². The largest absolute Gasteiger partial charge is 0.369 e. The molecular formula is C11H20N2O3S2. The summed E-state index contributed by atoms with van der Waals surface area (Å²) in [4.78, 5) is 22.0. The fourth-order valence-corrected chi connectivity index (χ4v) is 3.05. The van der Waals surface area contributed by atoms with Gasteiger partial charge in [0, 0.05) is 18.9 Å². The number of nitrogens with one attached hydrogen (secondary N) is 1. The van der Waals surface area contributed by atoms with Gasteiger partial charge in [0.2, 0.25) is 11.8 Å². The van der Waals surface area contributed by atoms with Crippen LogP contribution in [0.5, 0.6) is 0 Å². The highest BCUT2D eigenvalue weighted by atomic mass is 32.2. The summed E-state index contributed by atoms with van der Waals surface area (Å²) in [5, 5.41) is 2.81.